The highest BCUT2D eigenvalue weighted by molar-refractivity contribution is 7.07. The maximum Gasteiger partial charge on any atom is 0.338 e. The van der Waals surface area contributed by atoms with Crippen LogP contribution in [0.5, 0.6) is 11.5 Å². The molecule has 0 amide bonds. The van der Waals surface area contributed by atoms with Crippen molar-refractivity contribution in [1.82, 2.24) is 4.57 Å². The Labute approximate surface area is 221 Å². The van der Waals surface area contributed by atoms with E-state index < -0.39 is 12.0 Å². The standard InChI is InChI=1S/C26H24Cl2N2O5S/c1-13(2)35-25(32)22-14(3)29-26-30(23(22)17-12-16(27)7-9-19(17)33-4)24(31)21(36-26)11-15-6-8-20(34-5)18(28)10-15/h6-13,23H,1-5H3/b21-11-/t23-/m1/s1. The Morgan fingerprint density at radius 2 is 1.81 bits per heavy atom. The maximum absolute atomic E-state index is 13.8. The third kappa shape index (κ3) is 4.93. The highest BCUT2D eigenvalue weighted by Crippen LogP contribution is 2.37. The zero-order chi connectivity index (χ0) is 26.1. The van der Waals surface area contributed by atoms with Gasteiger partial charge >= 0.3 is 5.97 Å². The molecule has 0 saturated carbocycles. The lowest BCUT2D eigenvalue weighted by Gasteiger charge is -2.26. The van der Waals surface area contributed by atoms with E-state index in [0.717, 1.165) is 5.56 Å². The molecular formula is C26H24Cl2N2O5S. The Bertz CT molecular complexity index is 1560. The van der Waals surface area contributed by atoms with E-state index in [1.54, 1.807) is 63.2 Å². The molecule has 0 saturated heterocycles. The molecule has 3 aromatic rings. The fraction of sp³-hybridized carbons (Fsp3) is 0.269. The first kappa shape index (κ1) is 26.0. The number of hydrogen-bond acceptors (Lipinski definition) is 7. The van der Waals surface area contributed by atoms with Gasteiger partial charge in [0.15, 0.2) is 4.80 Å². The number of nitrogens with zero attached hydrogens (tertiary/aromatic N) is 2. The van der Waals surface area contributed by atoms with Gasteiger partial charge in [-0.05, 0) is 62.7 Å². The summed E-state index contributed by atoms with van der Waals surface area (Å²) in [6.45, 7) is 5.25. The molecule has 2 heterocycles. The lowest BCUT2D eigenvalue weighted by atomic mass is 9.95. The summed E-state index contributed by atoms with van der Waals surface area (Å²) in [6.07, 6.45) is 1.37. The molecule has 0 fully saturated rings. The van der Waals surface area contributed by atoms with Crippen molar-refractivity contribution < 1.29 is 19.0 Å². The largest absolute Gasteiger partial charge is 0.496 e. The molecule has 10 heteroatoms. The minimum Gasteiger partial charge on any atom is -0.496 e. The fourth-order valence-corrected chi connectivity index (χ4v) is 5.49. The van der Waals surface area contributed by atoms with Crippen molar-refractivity contribution in [2.45, 2.75) is 32.9 Å². The number of methoxy groups -OCH3 is 2. The number of rotatable bonds is 6. The van der Waals surface area contributed by atoms with Crippen molar-refractivity contribution in [2.24, 2.45) is 4.99 Å². The summed E-state index contributed by atoms with van der Waals surface area (Å²) in [5.41, 5.74) is 1.65. The van der Waals surface area contributed by atoms with E-state index in [0.29, 0.717) is 42.1 Å². The molecular weight excluding hydrogens is 523 g/mol. The molecule has 188 valence electrons. The van der Waals surface area contributed by atoms with Crippen LogP contribution < -0.4 is 24.4 Å². The van der Waals surface area contributed by atoms with Gasteiger partial charge in [-0.25, -0.2) is 9.79 Å². The van der Waals surface area contributed by atoms with Crippen LogP contribution >= 0.6 is 34.5 Å². The molecule has 0 bridgehead atoms. The Morgan fingerprint density at radius 3 is 2.44 bits per heavy atom. The van der Waals surface area contributed by atoms with Gasteiger partial charge in [-0.1, -0.05) is 40.6 Å². The van der Waals surface area contributed by atoms with Crippen LogP contribution in [-0.4, -0.2) is 30.9 Å². The summed E-state index contributed by atoms with van der Waals surface area (Å²) in [5, 5.41) is 0.863. The Balaban J connectivity index is 1.98. The van der Waals surface area contributed by atoms with E-state index in [9.17, 15) is 9.59 Å². The van der Waals surface area contributed by atoms with E-state index in [2.05, 4.69) is 4.99 Å². The van der Waals surface area contributed by atoms with Crippen LogP contribution in [0.3, 0.4) is 0 Å². The molecule has 7 nitrogen and oxygen atoms in total. The number of carbonyl (C=O) groups is 1. The first-order valence-corrected chi connectivity index (χ1v) is 12.6. The number of fused-ring (bicyclic) bond motifs is 1. The second-order valence-corrected chi connectivity index (χ2v) is 10.2. The third-order valence-electron chi connectivity index (χ3n) is 5.54. The Kier molecular flexibility index (Phi) is 7.59. The van der Waals surface area contributed by atoms with Gasteiger partial charge in [0.1, 0.15) is 17.5 Å². The average Bonchev–Trinajstić information content (AvgIpc) is 3.12. The van der Waals surface area contributed by atoms with Gasteiger partial charge in [0.05, 0.1) is 41.1 Å². The van der Waals surface area contributed by atoms with Crippen LogP contribution in [0, 0.1) is 0 Å². The maximum atomic E-state index is 13.8. The second kappa shape index (κ2) is 10.5. The summed E-state index contributed by atoms with van der Waals surface area (Å²) in [4.78, 5) is 32.0. The molecule has 0 radical (unpaired) electrons. The van der Waals surface area contributed by atoms with E-state index >= 15 is 0 Å². The lowest BCUT2D eigenvalue weighted by molar-refractivity contribution is -0.143. The minimum absolute atomic E-state index is 0.246. The number of ether oxygens (including phenoxy) is 3. The second-order valence-electron chi connectivity index (χ2n) is 8.32. The van der Waals surface area contributed by atoms with Gasteiger partial charge in [0.25, 0.3) is 5.56 Å². The van der Waals surface area contributed by atoms with Gasteiger partial charge in [-0.2, -0.15) is 0 Å². The van der Waals surface area contributed by atoms with Gasteiger partial charge in [-0.3, -0.25) is 9.36 Å². The Morgan fingerprint density at radius 1 is 1.11 bits per heavy atom. The van der Waals surface area contributed by atoms with Crippen LogP contribution in [0.15, 0.2) is 57.5 Å². The summed E-state index contributed by atoms with van der Waals surface area (Å²) < 4.78 is 18.2. The number of benzene rings is 2. The third-order valence-corrected chi connectivity index (χ3v) is 7.06. The quantitative estimate of drug-likeness (QED) is 0.425. The SMILES string of the molecule is COc1ccc(/C=c2\sc3n(c2=O)[C@H](c2cc(Cl)ccc2OC)C(C(=O)OC(C)C)=C(C)N=3)cc1Cl. The molecule has 1 aliphatic heterocycles. The molecule has 0 unspecified atom stereocenters. The van der Waals surface area contributed by atoms with Crippen molar-refractivity contribution >= 4 is 46.6 Å². The van der Waals surface area contributed by atoms with Crippen LogP contribution in [0.2, 0.25) is 10.0 Å². The fourth-order valence-electron chi connectivity index (χ4n) is 4.00. The molecule has 0 spiro atoms. The number of aromatic nitrogens is 1. The number of halogens is 2. The lowest BCUT2D eigenvalue weighted by Crippen LogP contribution is -2.40. The van der Waals surface area contributed by atoms with Crippen molar-refractivity contribution in [1.29, 1.82) is 0 Å². The Hall–Kier alpha value is -3.07. The number of carbonyl (C=O) groups excluding carboxylic acids is 1. The highest BCUT2D eigenvalue weighted by Gasteiger charge is 2.35. The van der Waals surface area contributed by atoms with Crippen molar-refractivity contribution in [3.63, 3.8) is 0 Å². The predicted octanol–water partition coefficient (Wildman–Crippen LogP) is 4.51. The molecule has 2 aromatic carbocycles. The van der Waals surface area contributed by atoms with E-state index in [1.807, 2.05) is 0 Å². The van der Waals surface area contributed by atoms with Gasteiger partial charge in [0.2, 0.25) is 0 Å². The smallest absolute Gasteiger partial charge is 0.338 e. The predicted molar refractivity (Wildman–Crippen MR) is 141 cm³/mol. The molecule has 1 atom stereocenters. The number of hydrogen-bond donors (Lipinski definition) is 0. The molecule has 1 aliphatic rings. The minimum atomic E-state index is -0.845. The van der Waals surface area contributed by atoms with Crippen molar-refractivity contribution in [3.05, 3.63) is 88.5 Å². The number of esters is 1. The van der Waals surface area contributed by atoms with Gasteiger partial charge in [0, 0.05) is 10.6 Å². The van der Waals surface area contributed by atoms with Crippen LogP contribution in [0.1, 0.15) is 37.9 Å². The van der Waals surface area contributed by atoms with E-state index in [1.165, 1.54) is 30.1 Å². The molecule has 1 aromatic heterocycles. The van der Waals surface area contributed by atoms with Crippen LogP contribution in [0.4, 0.5) is 0 Å². The normalized spacial score (nSPS) is 15.6. The summed E-state index contributed by atoms with van der Waals surface area (Å²) in [7, 11) is 3.06. The van der Waals surface area contributed by atoms with Gasteiger partial charge < -0.3 is 14.2 Å². The van der Waals surface area contributed by atoms with Crippen molar-refractivity contribution in [3.8, 4) is 11.5 Å². The molecule has 36 heavy (non-hydrogen) atoms. The van der Waals surface area contributed by atoms with E-state index in [-0.39, 0.29) is 17.2 Å². The van der Waals surface area contributed by atoms with E-state index in [4.69, 9.17) is 37.4 Å². The topological polar surface area (TPSA) is 79.1 Å². The number of thiazole rings is 1. The van der Waals surface area contributed by atoms with Crippen molar-refractivity contribution in [2.75, 3.05) is 14.2 Å². The summed E-state index contributed by atoms with van der Waals surface area (Å²) >= 11 is 13.8. The zero-order valence-electron chi connectivity index (χ0n) is 20.3. The van der Waals surface area contributed by atoms with Crippen LogP contribution in [-0.2, 0) is 9.53 Å². The first-order chi connectivity index (χ1) is 17.1. The summed E-state index contributed by atoms with van der Waals surface area (Å²) in [6, 6.07) is 9.48. The molecule has 4 rings (SSSR count). The molecule has 0 N–H and O–H groups in total. The average molecular weight is 547 g/mol. The van der Waals surface area contributed by atoms with Crippen LogP contribution in [0.25, 0.3) is 6.08 Å². The molecule has 0 aliphatic carbocycles. The monoisotopic (exact) mass is 546 g/mol. The zero-order valence-corrected chi connectivity index (χ0v) is 22.6. The number of allylic oxidation sites excluding steroid dienone is 1. The highest BCUT2D eigenvalue weighted by atomic mass is 35.5. The summed E-state index contributed by atoms with van der Waals surface area (Å²) in [5.74, 6) is 0.451. The first-order valence-electron chi connectivity index (χ1n) is 11.0. The van der Waals surface area contributed by atoms with Gasteiger partial charge in [-0.15, -0.1) is 0 Å².